The van der Waals surface area contributed by atoms with E-state index in [-0.39, 0.29) is 0 Å². The van der Waals surface area contributed by atoms with E-state index in [9.17, 15) is 0 Å². The van der Waals surface area contributed by atoms with Crippen LogP contribution in [0.25, 0.3) is 0 Å². The third-order valence-electron chi connectivity index (χ3n) is 2.39. The molecule has 0 saturated carbocycles. The van der Waals surface area contributed by atoms with Gasteiger partial charge in [0.25, 0.3) is 0 Å². The lowest BCUT2D eigenvalue weighted by Gasteiger charge is -2.07. The maximum absolute atomic E-state index is 4.54. The molecule has 94 valence electrons. The summed E-state index contributed by atoms with van der Waals surface area (Å²) in [7, 11) is 0. The van der Waals surface area contributed by atoms with E-state index in [0.717, 1.165) is 32.7 Å². The largest absolute Gasteiger partial charge is 0.369 e. The maximum Gasteiger partial charge on any atom is 0.143 e. The van der Waals surface area contributed by atoms with Crippen molar-refractivity contribution in [2.75, 3.05) is 11.9 Å². The Morgan fingerprint density at radius 2 is 2.22 bits per heavy atom. The normalized spacial score (nSPS) is 10.4. The third-order valence-corrected chi connectivity index (χ3v) is 3.67. The molecule has 1 N–H and O–H groups in total. The highest BCUT2D eigenvalue weighted by molar-refractivity contribution is 14.1. The van der Waals surface area contributed by atoms with Crippen LogP contribution in [0.1, 0.15) is 18.3 Å². The van der Waals surface area contributed by atoms with Crippen LogP contribution in [0.15, 0.2) is 34.9 Å². The molecular formula is C13H13BrIN3. The molecule has 0 atom stereocenters. The molecule has 18 heavy (non-hydrogen) atoms. The number of halogens is 2. The van der Waals surface area contributed by atoms with Crippen molar-refractivity contribution < 1.29 is 0 Å². The number of hydrogen-bond acceptors (Lipinski definition) is 3. The predicted octanol–water partition coefficient (Wildman–Crippen LogP) is 3.87. The minimum atomic E-state index is 0.745. The second-order valence-electron chi connectivity index (χ2n) is 3.82. The monoisotopic (exact) mass is 417 g/mol. The van der Waals surface area contributed by atoms with Crippen molar-refractivity contribution in [1.82, 2.24) is 9.97 Å². The molecule has 0 radical (unpaired) electrons. The maximum atomic E-state index is 4.54. The van der Waals surface area contributed by atoms with Gasteiger partial charge in [-0.3, -0.25) is 0 Å². The van der Waals surface area contributed by atoms with Crippen LogP contribution in [0.5, 0.6) is 0 Å². The number of aromatic nitrogens is 2. The van der Waals surface area contributed by atoms with Gasteiger partial charge in [0.2, 0.25) is 0 Å². The number of benzene rings is 1. The third kappa shape index (κ3) is 3.65. The SMILES string of the molecule is CCNc1nc(Cc2cccc(Br)c2)ncc1I. The minimum absolute atomic E-state index is 0.745. The van der Waals surface area contributed by atoms with Crippen molar-refractivity contribution in [1.29, 1.82) is 0 Å². The summed E-state index contributed by atoms with van der Waals surface area (Å²) in [6.07, 6.45) is 2.60. The summed E-state index contributed by atoms with van der Waals surface area (Å²) in [4.78, 5) is 8.91. The van der Waals surface area contributed by atoms with Gasteiger partial charge in [-0.25, -0.2) is 9.97 Å². The molecule has 0 aliphatic rings. The lowest BCUT2D eigenvalue weighted by molar-refractivity contribution is 0.955. The fraction of sp³-hybridized carbons (Fsp3) is 0.231. The van der Waals surface area contributed by atoms with E-state index >= 15 is 0 Å². The average Bonchev–Trinajstić information content (AvgIpc) is 2.34. The standard InChI is InChI=1S/C13H13BrIN3/c1-2-16-13-11(15)8-17-12(18-13)7-9-4-3-5-10(14)6-9/h3-6,8H,2,7H2,1H3,(H,16,17,18). The Morgan fingerprint density at radius 1 is 1.39 bits per heavy atom. The average molecular weight is 418 g/mol. The van der Waals surface area contributed by atoms with Crippen molar-refractivity contribution >= 4 is 44.3 Å². The van der Waals surface area contributed by atoms with E-state index in [1.165, 1.54) is 5.56 Å². The molecule has 0 aliphatic heterocycles. The highest BCUT2D eigenvalue weighted by Gasteiger charge is 2.05. The highest BCUT2D eigenvalue weighted by atomic mass is 127. The van der Waals surface area contributed by atoms with E-state index in [4.69, 9.17) is 0 Å². The molecule has 5 heteroatoms. The molecular weight excluding hydrogens is 405 g/mol. The van der Waals surface area contributed by atoms with Crippen LogP contribution >= 0.6 is 38.5 Å². The van der Waals surface area contributed by atoms with Gasteiger partial charge in [0.05, 0.1) is 3.57 Å². The summed E-state index contributed by atoms with van der Waals surface area (Å²) >= 11 is 5.71. The number of hydrogen-bond donors (Lipinski definition) is 1. The summed E-state index contributed by atoms with van der Waals surface area (Å²) < 4.78 is 2.13. The molecule has 1 heterocycles. The first-order chi connectivity index (χ1) is 8.69. The number of anilines is 1. The van der Waals surface area contributed by atoms with Gasteiger partial charge in [0, 0.05) is 23.6 Å². The van der Waals surface area contributed by atoms with Crippen molar-refractivity contribution in [2.45, 2.75) is 13.3 Å². The van der Waals surface area contributed by atoms with Gasteiger partial charge in [-0.15, -0.1) is 0 Å². The Bertz CT molecular complexity index is 546. The zero-order valence-electron chi connectivity index (χ0n) is 9.95. The molecule has 0 fully saturated rings. The van der Waals surface area contributed by atoms with Crippen molar-refractivity contribution in [3.8, 4) is 0 Å². The second-order valence-corrected chi connectivity index (χ2v) is 5.90. The second kappa shape index (κ2) is 6.47. The molecule has 3 nitrogen and oxygen atoms in total. The predicted molar refractivity (Wildman–Crippen MR) is 85.9 cm³/mol. The first-order valence-corrected chi connectivity index (χ1v) is 7.56. The summed E-state index contributed by atoms with van der Waals surface area (Å²) in [6, 6.07) is 8.22. The number of nitrogens with one attached hydrogen (secondary N) is 1. The topological polar surface area (TPSA) is 37.8 Å². The Labute approximate surface area is 129 Å². The van der Waals surface area contributed by atoms with E-state index < -0.39 is 0 Å². The van der Waals surface area contributed by atoms with Crippen LogP contribution in [-0.4, -0.2) is 16.5 Å². The lowest BCUT2D eigenvalue weighted by atomic mass is 10.1. The van der Waals surface area contributed by atoms with Gasteiger partial charge in [0.1, 0.15) is 11.6 Å². The van der Waals surface area contributed by atoms with Crippen molar-refractivity contribution in [3.63, 3.8) is 0 Å². The lowest BCUT2D eigenvalue weighted by Crippen LogP contribution is -2.06. The Kier molecular flexibility index (Phi) is 4.94. The van der Waals surface area contributed by atoms with Gasteiger partial charge in [-0.2, -0.15) is 0 Å². The molecule has 0 unspecified atom stereocenters. The summed E-state index contributed by atoms with van der Waals surface area (Å²) in [6.45, 7) is 2.93. The van der Waals surface area contributed by atoms with Crippen LogP contribution in [0.4, 0.5) is 5.82 Å². The molecule has 0 aliphatic carbocycles. The molecule has 2 aromatic rings. The van der Waals surface area contributed by atoms with E-state index in [0.29, 0.717) is 0 Å². The molecule has 1 aromatic carbocycles. The summed E-state index contributed by atoms with van der Waals surface area (Å²) in [5.41, 5.74) is 1.20. The zero-order chi connectivity index (χ0) is 13.0. The van der Waals surface area contributed by atoms with Crippen LogP contribution in [0, 0.1) is 3.57 Å². The van der Waals surface area contributed by atoms with Crippen LogP contribution in [0.3, 0.4) is 0 Å². The van der Waals surface area contributed by atoms with Crippen LogP contribution in [-0.2, 0) is 6.42 Å². The molecule has 1 aromatic heterocycles. The first-order valence-electron chi connectivity index (χ1n) is 5.68. The smallest absolute Gasteiger partial charge is 0.143 e. The van der Waals surface area contributed by atoms with Crippen LogP contribution < -0.4 is 5.32 Å². The molecule has 0 amide bonds. The Morgan fingerprint density at radius 3 is 2.94 bits per heavy atom. The molecule has 0 saturated heterocycles. The number of nitrogens with zero attached hydrogens (tertiary/aromatic N) is 2. The summed E-state index contributed by atoms with van der Waals surface area (Å²) in [5, 5.41) is 3.25. The van der Waals surface area contributed by atoms with Gasteiger partial charge in [-0.05, 0) is 47.2 Å². The fourth-order valence-electron chi connectivity index (χ4n) is 1.61. The fourth-order valence-corrected chi connectivity index (χ4v) is 2.51. The molecule has 0 bridgehead atoms. The Balaban J connectivity index is 2.21. The minimum Gasteiger partial charge on any atom is -0.369 e. The van der Waals surface area contributed by atoms with E-state index in [1.54, 1.807) is 0 Å². The van der Waals surface area contributed by atoms with Gasteiger partial charge in [0.15, 0.2) is 0 Å². The molecule has 2 rings (SSSR count). The summed E-state index contributed by atoms with van der Waals surface area (Å²) in [5.74, 6) is 1.75. The first kappa shape index (κ1) is 13.7. The van der Waals surface area contributed by atoms with Gasteiger partial charge in [-0.1, -0.05) is 28.1 Å². The van der Waals surface area contributed by atoms with Crippen molar-refractivity contribution in [3.05, 3.63) is 49.9 Å². The zero-order valence-corrected chi connectivity index (χ0v) is 13.7. The van der Waals surface area contributed by atoms with E-state index in [2.05, 4.69) is 72.9 Å². The number of rotatable bonds is 4. The Hall–Kier alpha value is -0.690. The quantitative estimate of drug-likeness (QED) is 0.767. The van der Waals surface area contributed by atoms with E-state index in [1.807, 2.05) is 18.3 Å². The molecule has 0 spiro atoms. The highest BCUT2D eigenvalue weighted by Crippen LogP contribution is 2.17. The van der Waals surface area contributed by atoms with Gasteiger partial charge >= 0.3 is 0 Å². The van der Waals surface area contributed by atoms with Gasteiger partial charge < -0.3 is 5.32 Å². The van der Waals surface area contributed by atoms with Crippen molar-refractivity contribution in [2.24, 2.45) is 0 Å². The van der Waals surface area contributed by atoms with Crippen LogP contribution in [0.2, 0.25) is 0 Å².